The van der Waals surface area contributed by atoms with E-state index in [1.165, 1.54) is 0 Å². The van der Waals surface area contributed by atoms with Crippen molar-refractivity contribution in [2.45, 2.75) is 25.7 Å². The molecular formula is C12H20O2. The number of aliphatic hydroxyl groups is 2. The van der Waals surface area contributed by atoms with Crippen LogP contribution in [-0.4, -0.2) is 23.4 Å². The van der Waals surface area contributed by atoms with Gasteiger partial charge in [-0.2, -0.15) is 0 Å². The molecule has 1 saturated carbocycles. The van der Waals surface area contributed by atoms with Crippen LogP contribution in [0.15, 0.2) is 25.3 Å². The van der Waals surface area contributed by atoms with Crippen LogP contribution in [0.25, 0.3) is 0 Å². The molecule has 2 N–H and O–H groups in total. The van der Waals surface area contributed by atoms with Crippen LogP contribution in [0.2, 0.25) is 0 Å². The minimum absolute atomic E-state index is 0.0217. The molecule has 0 aromatic rings. The van der Waals surface area contributed by atoms with Crippen LogP contribution in [0.4, 0.5) is 0 Å². The van der Waals surface area contributed by atoms with Gasteiger partial charge in [0.1, 0.15) is 0 Å². The quantitative estimate of drug-likeness (QED) is 0.674. The molecule has 2 heteroatoms. The molecule has 0 amide bonds. The van der Waals surface area contributed by atoms with E-state index in [4.69, 9.17) is 0 Å². The summed E-state index contributed by atoms with van der Waals surface area (Å²) in [4.78, 5) is 0. The lowest BCUT2D eigenvalue weighted by Crippen LogP contribution is -2.37. The lowest BCUT2D eigenvalue weighted by atomic mass is 9.64. The van der Waals surface area contributed by atoms with Gasteiger partial charge in [-0.1, -0.05) is 12.2 Å². The van der Waals surface area contributed by atoms with Crippen molar-refractivity contribution in [3.8, 4) is 0 Å². The van der Waals surface area contributed by atoms with Gasteiger partial charge in [0.15, 0.2) is 0 Å². The van der Waals surface area contributed by atoms with Gasteiger partial charge < -0.3 is 10.2 Å². The van der Waals surface area contributed by atoms with Crippen molar-refractivity contribution in [2.24, 2.45) is 10.8 Å². The lowest BCUT2D eigenvalue weighted by molar-refractivity contribution is 0.00595. The Bertz CT molecular complexity index is 196. The average Bonchev–Trinajstić information content (AvgIpc) is 2.29. The highest BCUT2D eigenvalue weighted by molar-refractivity contribution is 5.10. The predicted molar refractivity (Wildman–Crippen MR) is 57.9 cm³/mol. The highest BCUT2D eigenvalue weighted by atomic mass is 16.3. The normalized spacial score (nSPS) is 24.1. The zero-order valence-electron chi connectivity index (χ0n) is 8.71. The second-order valence-electron chi connectivity index (χ2n) is 4.46. The van der Waals surface area contributed by atoms with E-state index in [0.29, 0.717) is 0 Å². The third-order valence-electron chi connectivity index (χ3n) is 3.73. The van der Waals surface area contributed by atoms with Gasteiger partial charge in [0.2, 0.25) is 0 Å². The van der Waals surface area contributed by atoms with E-state index in [0.717, 1.165) is 25.7 Å². The number of hydrogen-bond donors (Lipinski definition) is 2. The van der Waals surface area contributed by atoms with Gasteiger partial charge >= 0.3 is 0 Å². The summed E-state index contributed by atoms with van der Waals surface area (Å²) in [5.74, 6) is 0. The molecule has 1 fully saturated rings. The Morgan fingerprint density at radius 2 is 1.36 bits per heavy atom. The minimum Gasteiger partial charge on any atom is -0.396 e. The molecule has 0 aliphatic heterocycles. The molecule has 1 aliphatic rings. The van der Waals surface area contributed by atoms with Gasteiger partial charge in [-0.05, 0) is 25.7 Å². The summed E-state index contributed by atoms with van der Waals surface area (Å²) in [6.45, 7) is 7.82. The van der Waals surface area contributed by atoms with Crippen LogP contribution in [0.1, 0.15) is 25.7 Å². The zero-order valence-corrected chi connectivity index (χ0v) is 8.71. The topological polar surface area (TPSA) is 40.5 Å². The van der Waals surface area contributed by atoms with Crippen LogP contribution in [-0.2, 0) is 0 Å². The lowest BCUT2D eigenvalue weighted by Gasteiger charge is -2.42. The maximum Gasteiger partial charge on any atom is 0.0509 e. The van der Waals surface area contributed by atoms with Crippen LogP contribution in [0, 0.1) is 10.8 Å². The monoisotopic (exact) mass is 196 g/mol. The summed E-state index contributed by atoms with van der Waals surface area (Å²) >= 11 is 0. The van der Waals surface area contributed by atoms with Gasteiger partial charge in [0, 0.05) is 10.8 Å². The summed E-state index contributed by atoms with van der Waals surface area (Å²) < 4.78 is 0. The first-order chi connectivity index (χ1) is 6.66. The van der Waals surface area contributed by atoms with Gasteiger partial charge in [-0.3, -0.25) is 0 Å². The Labute approximate surface area is 86.0 Å². The van der Waals surface area contributed by atoms with Crippen molar-refractivity contribution in [1.82, 2.24) is 0 Å². The fourth-order valence-corrected chi connectivity index (χ4v) is 2.10. The third-order valence-corrected chi connectivity index (χ3v) is 3.73. The molecule has 0 saturated heterocycles. The first kappa shape index (κ1) is 11.5. The van der Waals surface area contributed by atoms with Crippen molar-refractivity contribution in [3.63, 3.8) is 0 Å². The predicted octanol–water partition coefficient (Wildman–Crippen LogP) is 1.89. The summed E-state index contributed by atoms with van der Waals surface area (Å²) in [6.07, 6.45) is 7.44. The Kier molecular flexibility index (Phi) is 3.51. The van der Waals surface area contributed by atoms with E-state index in [9.17, 15) is 10.2 Å². The van der Waals surface area contributed by atoms with Crippen molar-refractivity contribution >= 4 is 0 Å². The summed E-state index contributed by atoms with van der Waals surface area (Å²) in [5, 5.41) is 18.5. The van der Waals surface area contributed by atoms with E-state index >= 15 is 0 Å². The van der Waals surface area contributed by atoms with E-state index < -0.39 is 0 Å². The number of hydrogen-bond acceptors (Lipinski definition) is 2. The highest BCUT2D eigenvalue weighted by Crippen LogP contribution is 2.46. The molecule has 0 heterocycles. The van der Waals surface area contributed by atoms with Crippen LogP contribution < -0.4 is 0 Å². The molecule has 2 nitrogen and oxygen atoms in total. The van der Waals surface area contributed by atoms with Gasteiger partial charge in [0.05, 0.1) is 13.2 Å². The highest BCUT2D eigenvalue weighted by Gasteiger charge is 2.39. The molecule has 0 aromatic heterocycles. The molecule has 0 unspecified atom stereocenters. The Balaban J connectivity index is 2.68. The first-order valence-corrected chi connectivity index (χ1v) is 5.15. The van der Waals surface area contributed by atoms with Crippen molar-refractivity contribution in [1.29, 1.82) is 0 Å². The van der Waals surface area contributed by atoms with E-state index in [2.05, 4.69) is 13.2 Å². The van der Waals surface area contributed by atoms with Crippen molar-refractivity contribution < 1.29 is 10.2 Å². The van der Waals surface area contributed by atoms with Gasteiger partial charge in [-0.25, -0.2) is 0 Å². The van der Waals surface area contributed by atoms with Crippen molar-refractivity contribution in [2.75, 3.05) is 13.2 Å². The van der Waals surface area contributed by atoms with E-state index in [1.807, 2.05) is 12.2 Å². The maximum absolute atomic E-state index is 9.25. The molecule has 80 valence electrons. The molecule has 0 spiro atoms. The fraction of sp³-hybridized carbons (Fsp3) is 0.667. The van der Waals surface area contributed by atoms with E-state index in [-0.39, 0.29) is 24.0 Å². The van der Waals surface area contributed by atoms with Crippen LogP contribution >= 0.6 is 0 Å². The van der Waals surface area contributed by atoms with Crippen LogP contribution in [0.3, 0.4) is 0 Å². The summed E-state index contributed by atoms with van der Waals surface area (Å²) in [5.41, 5.74) is -0.247. The second-order valence-corrected chi connectivity index (χ2v) is 4.46. The third kappa shape index (κ3) is 1.91. The molecule has 1 aliphatic carbocycles. The number of allylic oxidation sites excluding steroid dienone is 2. The summed E-state index contributed by atoms with van der Waals surface area (Å²) in [6, 6.07) is 0. The molecule has 0 aromatic carbocycles. The number of rotatable bonds is 4. The SMILES string of the molecule is C=CC1(C=C)CCC(CO)(CO)CC1. The molecule has 1 rings (SSSR count). The zero-order chi connectivity index (χ0) is 10.7. The average molecular weight is 196 g/mol. The first-order valence-electron chi connectivity index (χ1n) is 5.15. The largest absolute Gasteiger partial charge is 0.396 e. The Hall–Kier alpha value is -0.600. The molecule has 0 bridgehead atoms. The van der Waals surface area contributed by atoms with Crippen LogP contribution in [0.5, 0.6) is 0 Å². The molecule has 0 atom stereocenters. The molecule has 14 heavy (non-hydrogen) atoms. The molecular weight excluding hydrogens is 176 g/mol. The van der Waals surface area contributed by atoms with Crippen molar-refractivity contribution in [3.05, 3.63) is 25.3 Å². The minimum atomic E-state index is -0.268. The van der Waals surface area contributed by atoms with E-state index in [1.54, 1.807) is 0 Å². The van der Waals surface area contributed by atoms with Gasteiger partial charge in [-0.15, -0.1) is 13.2 Å². The summed E-state index contributed by atoms with van der Waals surface area (Å²) in [7, 11) is 0. The maximum atomic E-state index is 9.25. The Morgan fingerprint density at radius 1 is 0.929 bits per heavy atom. The molecule has 0 radical (unpaired) electrons. The second kappa shape index (κ2) is 4.28. The Morgan fingerprint density at radius 3 is 1.64 bits per heavy atom. The van der Waals surface area contributed by atoms with Gasteiger partial charge in [0.25, 0.3) is 0 Å². The number of aliphatic hydroxyl groups excluding tert-OH is 2. The smallest absolute Gasteiger partial charge is 0.0509 e. The fourth-order valence-electron chi connectivity index (χ4n) is 2.10. The standard InChI is InChI=1S/C12H20O2/c1-3-11(4-2)5-7-12(9-13,10-14)8-6-11/h3-4,13-14H,1-2,5-10H2.